The molecule has 0 saturated heterocycles. The van der Waals surface area contributed by atoms with E-state index in [1.807, 2.05) is 0 Å². The molecule has 0 aliphatic carbocycles. The van der Waals surface area contributed by atoms with Crippen molar-refractivity contribution in [2.45, 2.75) is 0 Å². The fourth-order valence-corrected chi connectivity index (χ4v) is 1.54. The molecule has 1 aromatic heterocycles. The third-order valence-electron chi connectivity index (χ3n) is 2.04. The van der Waals surface area contributed by atoms with E-state index in [1.165, 1.54) is 12.1 Å². The average molecular weight is 250 g/mol. The van der Waals surface area contributed by atoms with E-state index in [4.69, 9.17) is 16.7 Å². The Morgan fingerprint density at radius 3 is 2.76 bits per heavy atom. The largest absolute Gasteiger partial charge is 0.478 e. The number of hydrogen-bond acceptors (Lipinski definition) is 4. The number of aromatic nitrogens is 2. The van der Waals surface area contributed by atoms with E-state index in [-0.39, 0.29) is 10.6 Å². The first-order chi connectivity index (χ1) is 8.16. The zero-order valence-corrected chi connectivity index (χ0v) is 9.35. The summed E-state index contributed by atoms with van der Waals surface area (Å²) in [4.78, 5) is 18.7. The summed E-state index contributed by atoms with van der Waals surface area (Å²) in [5.41, 5.74) is 0.719. The van der Waals surface area contributed by atoms with Gasteiger partial charge in [-0.05, 0) is 18.2 Å². The van der Waals surface area contributed by atoms with Crippen LogP contribution in [-0.2, 0) is 0 Å². The van der Waals surface area contributed by atoms with Gasteiger partial charge in [0, 0.05) is 18.1 Å². The molecule has 1 aromatic carbocycles. The van der Waals surface area contributed by atoms with Crippen molar-refractivity contribution in [2.24, 2.45) is 0 Å². The van der Waals surface area contributed by atoms with Crippen LogP contribution in [0.2, 0.25) is 5.02 Å². The number of carboxylic acid groups (broad SMARTS) is 1. The minimum Gasteiger partial charge on any atom is -0.478 e. The molecule has 0 atom stereocenters. The molecule has 17 heavy (non-hydrogen) atoms. The van der Waals surface area contributed by atoms with Crippen molar-refractivity contribution in [3.63, 3.8) is 0 Å². The van der Waals surface area contributed by atoms with Gasteiger partial charge in [-0.2, -0.15) is 0 Å². The van der Waals surface area contributed by atoms with E-state index in [9.17, 15) is 4.79 Å². The molecule has 0 amide bonds. The summed E-state index contributed by atoms with van der Waals surface area (Å²) < 4.78 is 0. The van der Waals surface area contributed by atoms with Gasteiger partial charge < -0.3 is 10.4 Å². The van der Waals surface area contributed by atoms with Crippen LogP contribution in [0.15, 0.2) is 36.8 Å². The highest BCUT2D eigenvalue weighted by Gasteiger charge is 2.08. The van der Waals surface area contributed by atoms with Crippen LogP contribution in [0.1, 0.15) is 10.4 Å². The van der Waals surface area contributed by atoms with Crippen LogP contribution in [-0.4, -0.2) is 21.0 Å². The molecule has 0 bridgehead atoms. The molecule has 6 heteroatoms. The van der Waals surface area contributed by atoms with Gasteiger partial charge in [-0.15, -0.1) is 0 Å². The first-order valence-electron chi connectivity index (χ1n) is 4.72. The van der Waals surface area contributed by atoms with Gasteiger partial charge in [0.15, 0.2) is 0 Å². The predicted molar refractivity (Wildman–Crippen MR) is 63.7 cm³/mol. The molecule has 2 N–H and O–H groups in total. The van der Waals surface area contributed by atoms with Crippen LogP contribution in [0.3, 0.4) is 0 Å². The summed E-state index contributed by atoms with van der Waals surface area (Å²) >= 11 is 5.83. The second-order valence-corrected chi connectivity index (χ2v) is 3.62. The molecule has 0 spiro atoms. The van der Waals surface area contributed by atoms with Crippen LogP contribution in [0, 0.1) is 0 Å². The smallest absolute Gasteiger partial charge is 0.337 e. The minimum absolute atomic E-state index is 0.0661. The van der Waals surface area contributed by atoms with E-state index < -0.39 is 5.97 Å². The lowest BCUT2D eigenvalue weighted by molar-refractivity contribution is 0.0697. The molecule has 0 aliphatic heterocycles. The molecule has 86 valence electrons. The Balaban J connectivity index is 2.24. The highest BCUT2D eigenvalue weighted by Crippen LogP contribution is 2.22. The van der Waals surface area contributed by atoms with E-state index in [2.05, 4.69) is 15.3 Å². The normalized spacial score (nSPS) is 9.94. The van der Waals surface area contributed by atoms with Crippen molar-refractivity contribution in [1.29, 1.82) is 0 Å². The van der Waals surface area contributed by atoms with Crippen molar-refractivity contribution in [2.75, 3.05) is 5.32 Å². The van der Waals surface area contributed by atoms with E-state index in [0.717, 1.165) is 0 Å². The quantitative estimate of drug-likeness (QED) is 0.874. The maximum absolute atomic E-state index is 10.8. The molecule has 0 saturated carbocycles. The SMILES string of the molecule is O=C(O)c1ccc(Nc2cnccn2)cc1Cl. The third-order valence-corrected chi connectivity index (χ3v) is 2.35. The van der Waals surface area contributed by atoms with Crippen molar-refractivity contribution in [3.8, 4) is 0 Å². The molecule has 2 rings (SSSR count). The number of benzene rings is 1. The fourth-order valence-electron chi connectivity index (χ4n) is 1.28. The van der Waals surface area contributed by atoms with Gasteiger partial charge in [0.1, 0.15) is 5.82 Å². The summed E-state index contributed by atoms with van der Waals surface area (Å²) in [6.07, 6.45) is 4.67. The second-order valence-electron chi connectivity index (χ2n) is 3.22. The summed E-state index contributed by atoms with van der Waals surface area (Å²) in [5, 5.41) is 12.0. The number of anilines is 2. The maximum atomic E-state index is 10.8. The molecular formula is C11H8ClN3O2. The number of halogens is 1. The molecule has 2 aromatic rings. The summed E-state index contributed by atoms with van der Waals surface area (Å²) in [6, 6.07) is 4.58. The van der Waals surface area contributed by atoms with E-state index in [1.54, 1.807) is 24.7 Å². The van der Waals surface area contributed by atoms with Crippen molar-refractivity contribution < 1.29 is 9.90 Å². The van der Waals surface area contributed by atoms with Crippen LogP contribution >= 0.6 is 11.6 Å². The van der Waals surface area contributed by atoms with Gasteiger partial charge in [-0.1, -0.05) is 11.6 Å². The minimum atomic E-state index is -1.05. The predicted octanol–water partition coefficient (Wildman–Crippen LogP) is 2.57. The molecule has 0 aliphatic rings. The van der Waals surface area contributed by atoms with Crippen LogP contribution < -0.4 is 5.32 Å². The van der Waals surface area contributed by atoms with Crippen molar-refractivity contribution in [1.82, 2.24) is 9.97 Å². The Morgan fingerprint density at radius 1 is 1.35 bits per heavy atom. The first-order valence-corrected chi connectivity index (χ1v) is 5.10. The molecule has 0 radical (unpaired) electrons. The average Bonchev–Trinajstić information content (AvgIpc) is 2.30. The Kier molecular flexibility index (Phi) is 3.20. The number of nitrogens with zero attached hydrogens (tertiary/aromatic N) is 2. The van der Waals surface area contributed by atoms with E-state index in [0.29, 0.717) is 11.5 Å². The Hall–Kier alpha value is -2.14. The standard InChI is InChI=1S/C11H8ClN3O2/c12-9-5-7(1-2-8(9)11(16)17)15-10-6-13-3-4-14-10/h1-6H,(H,14,15)(H,16,17). The van der Waals surface area contributed by atoms with Gasteiger partial charge >= 0.3 is 5.97 Å². The molecular weight excluding hydrogens is 242 g/mol. The number of carbonyl (C=O) groups is 1. The molecule has 5 nitrogen and oxygen atoms in total. The Morgan fingerprint density at radius 2 is 2.18 bits per heavy atom. The van der Waals surface area contributed by atoms with Crippen molar-refractivity contribution in [3.05, 3.63) is 47.4 Å². The Bertz CT molecular complexity index is 546. The molecule has 0 fully saturated rings. The molecule has 1 heterocycles. The van der Waals surface area contributed by atoms with Gasteiger partial charge in [0.2, 0.25) is 0 Å². The zero-order valence-electron chi connectivity index (χ0n) is 8.59. The topological polar surface area (TPSA) is 75.1 Å². The van der Waals surface area contributed by atoms with Gasteiger partial charge in [-0.3, -0.25) is 4.98 Å². The monoisotopic (exact) mass is 249 g/mol. The van der Waals surface area contributed by atoms with Crippen LogP contribution in [0.25, 0.3) is 0 Å². The van der Waals surface area contributed by atoms with E-state index >= 15 is 0 Å². The lowest BCUT2D eigenvalue weighted by atomic mass is 10.2. The van der Waals surface area contributed by atoms with Gasteiger partial charge in [-0.25, -0.2) is 9.78 Å². The highest BCUT2D eigenvalue weighted by atomic mass is 35.5. The summed E-state index contributed by atoms with van der Waals surface area (Å²) in [5.74, 6) is -0.493. The fraction of sp³-hybridized carbons (Fsp3) is 0. The summed E-state index contributed by atoms with van der Waals surface area (Å²) in [7, 11) is 0. The highest BCUT2D eigenvalue weighted by molar-refractivity contribution is 6.33. The lowest BCUT2D eigenvalue weighted by Gasteiger charge is -2.06. The molecule has 0 unspecified atom stereocenters. The zero-order chi connectivity index (χ0) is 12.3. The number of hydrogen-bond donors (Lipinski definition) is 2. The number of carboxylic acids is 1. The van der Waals surface area contributed by atoms with Crippen LogP contribution in [0.4, 0.5) is 11.5 Å². The third kappa shape index (κ3) is 2.70. The number of aromatic carboxylic acids is 1. The lowest BCUT2D eigenvalue weighted by Crippen LogP contribution is -1.99. The summed E-state index contributed by atoms with van der Waals surface area (Å²) in [6.45, 7) is 0. The maximum Gasteiger partial charge on any atom is 0.337 e. The van der Waals surface area contributed by atoms with Crippen LogP contribution in [0.5, 0.6) is 0 Å². The number of rotatable bonds is 3. The van der Waals surface area contributed by atoms with Gasteiger partial charge in [0.05, 0.1) is 16.8 Å². The Labute approximate surface area is 102 Å². The number of nitrogens with one attached hydrogen (secondary N) is 1. The van der Waals surface area contributed by atoms with Crippen molar-refractivity contribution >= 4 is 29.1 Å². The van der Waals surface area contributed by atoms with Gasteiger partial charge in [0.25, 0.3) is 0 Å². The first kappa shape index (κ1) is 11.3. The second kappa shape index (κ2) is 4.80.